The average molecular weight is 307 g/mol. The number of hydrazone groups is 1. The molecule has 0 aliphatic rings. The second-order valence-electron chi connectivity index (χ2n) is 4.09. The van der Waals surface area contributed by atoms with Crippen LogP contribution >= 0.6 is 11.6 Å². The van der Waals surface area contributed by atoms with Crippen LogP contribution in [0.3, 0.4) is 0 Å². The van der Waals surface area contributed by atoms with Crippen molar-refractivity contribution in [3.8, 4) is 5.75 Å². The van der Waals surface area contributed by atoms with Gasteiger partial charge < -0.3 is 4.74 Å². The summed E-state index contributed by atoms with van der Waals surface area (Å²) in [6.45, 7) is -0.179. The molecule has 0 spiro atoms. The monoisotopic (exact) mass is 306 g/mol. The first-order valence-corrected chi connectivity index (χ1v) is 6.47. The van der Waals surface area contributed by atoms with E-state index in [0.29, 0.717) is 16.3 Å². The molecule has 0 fully saturated rings. The van der Waals surface area contributed by atoms with Crippen LogP contribution in [-0.4, -0.2) is 18.7 Å². The molecule has 0 bridgehead atoms. The van der Waals surface area contributed by atoms with Crippen molar-refractivity contribution >= 4 is 23.7 Å². The zero-order valence-electron chi connectivity index (χ0n) is 10.9. The number of halogens is 2. The Balaban J connectivity index is 1.78. The zero-order chi connectivity index (χ0) is 15.1. The molecule has 1 N–H and O–H groups in total. The molecule has 108 valence electrons. The highest BCUT2D eigenvalue weighted by Crippen LogP contribution is 2.16. The van der Waals surface area contributed by atoms with Gasteiger partial charge in [0.1, 0.15) is 11.6 Å². The van der Waals surface area contributed by atoms with Crippen LogP contribution in [0, 0.1) is 5.82 Å². The van der Waals surface area contributed by atoms with Gasteiger partial charge in [-0.3, -0.25) is 4.79 Å². The van der Waals surface area contributed by atoms with Gasteiger partial charge in [0, 0.05) is 5.02 Å². The molecular formula is C15H12ClFN2O2. The third kappa shape index (κ3) is 5.24. The summed E-state index contributed by atoms with van der Waals surface area (Å²) in [5, 5.41) is 4.28. The Morgan fingerprint density at radius 2 is 2.05 bits per heavy atom. The lowest BCUT2D eigenvalue weighted by Crippen LogP contribution is -2.24. The number of benzene rings is 2. The summed E-state index contributed by atoms with van der Waals surface area (Å²) in [6.07, 6.45) is 1.41. The van der Waals surface area contributed by atoms with Gasteiger partial charge in [-0.1, -0.05) is 29.8 Å². The van der Waals surface area contributed by atoms with Crippen LogP contribution in [-0.2, 0) is 4.79 Å². The van der Waals surface area contributed by atoms with Crippen molar-refractivity contribution in [2.24, 2.45) is 5.10 Å². The Morgan fingerprint density at radius 3 is 2.76 bits per heavy atom. The second-order valence-corrected chi connectivity index (χ2v) is 4.53. The first-order chi connectivity index (χ1) is 10.1. The molecule has 2 rings (SSSR count). The van der Waals surface area contributed by atoms with Crippen LogP contribution in [0.4, 0.5) is 4.39 Å². The predicted molar refractivity (Wildman–Crippen MR) is 79.1 cm³/mol. The minimum absolute atomic E-state index is 0.179. The Labute approximate surface area is 126 Å². The van der Waals surface area contributed by atoms with E-state index < -0.39 is 5.91 Å². The minimum Gasteiger partial charge on any atom is -0.484 e. The van der Waals surface area contributed by atoms with Crippen molar-refractivity contribution in [3.63, 3.8) is 0 Å². The summed E-state index contributed by atoms with van der Waals surface area (Å²) in [5.41, 5.74) is 2.98. The summed E-state index contributed by atoms with van der Waals surface area (Å²) < 4.78 is 17.9. The van der Waals surface area contributed by atoms with Crippen molar-refractivity contribution in [2.75, 3.05) is 6.61 Å². The standard InChI is InChI=1S/C15H12ClFN2O2/c16-12-2-1-3-14(8-12)21-10-15(20)19-18-9-11-4-6-13(17)7-5-11/h1-9H,10H2,(H,19,20)/b18-9-. The van der Waals surface area contributed by atoms with Crippen molar-refractivity contribution in [2.45, 2.75) is 0 Å². The van der Waals surface area contributed by atoms with E-state index >= 15 is 0 Å². The zero-order valence-corrected chi connectivity index (χ0v) is 11.7. The van der Waals surface area contributed by atoms with Crippen molar-refractivity contribution in [1.29, 1.82) is 0 Å². The maximum absolute atomic E-state index is 12.7. The molecular weight excluding hydrogens is 295 g/mol. The number of nitrogens with one attached hydrogen (secondary N) is 1. The highest BCUT2D eigenvalue weighted by atomic mass is 35.5. The molecule has 0 unspecified atom stereocenters. The predicted octanol–water partition coefficient (Wildman–Crippen LogP) is 3.01. The summed E-state index contributed by atoms with van der Waals surface area (Å²) in [4.78, 5) is 11.5. The number of hydrogen-bond acceptors (Lipinski definition) is 3. The molecule has 2 aromatic carbocycles. The summed E-state index contributed by atoms with van der Waals surface area (Å²) in [5.74, 6) is -0.236. The van der Waals surface area contributed by atoms with E-state index in [0.717, 1.165) is 0 Å². The van der Waals surface area contributed by atoms with Gasteiger partial charge in [0.2, 0.25) is 0 Å². The van der Waals surface area contributed by atoms with Crippen LogP contribution in [0.2, 0.25) is 5.02 Å². The molecule has 6 heteroatoms. The van der Waals surface area contributed by atoms with Gasteiger partial charge in [0.05, 0.1) is 6.21 Å². The Morgan fingerprint density at radius 1 is 1.29 bits per heavy atom. The SMILES string of the molecule is O=C(COc1cccc(Cl)c1)N/N=C\c1ccc(F)cc1. The molecule has 21 heavy (non-hydrogen) atoms. The first-order valence-electron chi connectivity index (χ1n) is 6.09. The highest BCUT2D eigenvalue weighted by Gasteiger charge is 2.01. The van der Waals surface area contributed by atoms with Crippen molar-refractivity contribution in [3.05, 3.63) is 64.9 Å². The van der Waals surface area contributed by atoms with Crippen LogP contribution in [0.25, 0.3) is 0 Å². The molecule has 0 saturated carbocycles. The number of carbonyl (C=O) groups is 1. The molecule has 0 heterocycles. The van der Waals surface area contributed by atoms with E-state index in [1.165, 1.54) is 18.3 Å². The fraction of sp³-hybridized carbons (Fsp3) is 0.0667. The summed E-state index contributed by atoms with van der Waals surface area (Å²) in [6, 6.07) is 12.5. The van der Waals surface area contributed by atoms with E-state index in [1.807, 2.05) is 0 Å². The molecule has 4 nitrogen and oxygen atoms in total. The van der Waals surface area contributed by atoms with Crippen LogP contribution in [0.1, 0.15) is 5.56 Å². The lowest BCUT2D eigenvalue weighted by atomic mass is 10.2. The largest absolute Gasteiger partial charge is 0.484 e. The van der Waals surface area contributed by atoms with Gasteiger partial charge in [0.25, 0.3) is 5.91 Å². The van der Waals surface area contributed by atoms with Gasteiger partial charge in [-0.05, 0) is 35.9 Å². The number of carbonyl (C=O) groups excluding carboxylic acids is 1. The van der Waals surface area contributed by atoms with E-state index in [-0.39, 0.29) is 12.4 Å². The van der Waals surface area contributed by atoms with Crippen LogP contribution < -0.4 is 10.2 Å². The lowest BCUT2D eigenvalue weighted by molar-refractivity contribution is -0.123. The van der Waals surface area contributed by atoms with E-state index in [4.69, 9.17) is 16.3 Å². The van der Waals surface area contributed by atoms with Gasteiger partial charge >= 0.3 is 0 Å². The third-order valence-electron chi connectivity index (χ3n) is 2.44. The lowest BCUT2D eigenvalue weighted by Gasteiger charge is -2.04. The van der Waals surface area contributed by atoms with Gasteiger partial charge in [0.15, 0.2) is 6.61 Å². The molecule has 0 atom stereocenters. The fourth-order valence-corrected chi connectivity index (χ4v) is 1.65. The number of nitrogens with zero attached hydrogens (tertiary/aromatic N) is 1. The second kappa shape index (κ2) is 7.40. The Bertz CT molecular complexity index is 644. The van der Waals surface area contributed by atoms with E-state index in [9.17, 15) is 9.18 Å². The average Bonchev–Trinajstić information content (AvgIpc) is 2.47. The molecule has 0 aromatic heterocycles. The normalized spacial score (nSPS) is 10.6. The number of rotatable bonds is 5. The van der Waals surface area contributed by atoms with Gasteiger partial charge in [-0.2, -0.15) is 5.10 Å². The maximum atomic E-state index is 12.7. The minimum atomic E-state index is -0.409. The van der Waals surface area contributed by atoms with Gasteiger partial charge in [-0.25, -0.2) is 9.82 Å². The molecule has 1 amide bonds. The molecule has 0 saturated heterocycles. The molecule has 2 aromatic rings. The van der Waals surface area contributed by atoms with E-state index in [2.05, 4.69) is 10.5 Å². The molecule has 0 aliphatic heterocycles. The highest BCUT2D eigenvalue weighted by molar-refractivity contribution is 6.30. The van der Waals surface area contributed by atoms with Crippen molar-refractivity contribution < 1.29 is 13.9 Å². The number of ether oxygens (including phenoxy) is 1. The number of hydrogen-bond donors (Lipinski definition) is 1. The van der Waals surface area contributed by atoms with Crippen LogP contribution in [0.15, 0.2) is 53.6 Å². The Hall–Kier alpha value is -2.40. The topological polar surface area (TPSA) is 50.7 Å². The maximum Gasteiger partial charge on any atom is 0.277 e. The van der Waals surface area contributed by atoms with Gasteiger partial charge in [-0.15, -0.1) is 0 Å². The molecule has 0 radical (unpaired) electrons. The first kappa shape index (κ1) is 15.0. The van der Waals surface area contributed by atoms with Crippen LogP contribution in [0.5, 0.6) is 5.75 Å². The Kier molecular flexibility index (Phi) is 5.29. The summed E-state index contributed by atoms with van der Waals surface area (Å²) in [7, 11) is 0. The third-order valence-corrected chi connectivity index (χ3v) is 2.67. The van der Waals surface area contributed by atoms with Crippen molar-refractivity contribution in [1.82, 2.24) is 5.43 Å². The number of amides is 1. The fourth-order valence-electron chi connectivity index (χ4n) is 1.47. The quantitative estimate of drug-likeness (QED) is 0.682. The van der Waals surface area contributed by atoms with E-state index in [1.54, 1.807) is 36.4 Å². The molecule has 0 aliphatic carbocycles. The summed E-state index contributed by atoms with van der Waals surface area (Å²) >= 11 is 5.79. The smallest absolute Gasteiger partial charge is 0.277 e.